The van der Waals surface area contributed by atoms with E-state index in [4.69, 9.17) is 0 Å². The molecule has 0 amide bonds. The van der Waals surface area contributed by atoms with E-state index in [9.17, 15) is 0 Å². The molecule has 4 nitrogen and oxygen atoms in total. The molecule has 0 atom stereocenters. The van der Waals surface area contributed by atoms with Gasteiger partial charge in [0.1, 0.15) is 5.69 Å². The molecule has 0 aliphatic rings. The lowest BCUT2D eigenvalue weighted by Gasteiger charge is -1.94. The fraction of sp³-hybridized carbons (Fsp3) is 0. The normalized spacial score (nSPS) is 10.2. The Balaban J connectivity index is 1.79. The van der Waals surface area contributed by atoms with Gasteiger partial charge in [0.05, 0.1) is 5.69 Å². The highest BCUT2D eigenvalue weighted by Gasteiger charge is 1.93. The maximum absolute atomic E-state index is 4.17. The van der Waals surface area contributed by atoms with Gasteiger partial charge in [-0.3, -0.25) is 0 Å². The van der Waals surface area contributed by atoms with Crippen molar-refractivity contribution in [1.29, 1.82) is 0 Å². The zero-order chi connectivity index (χ0) is 15.0. The molecule has 2 aromatic heterocycles. The molecule has 0 saturated carbocycles. The third kappa shape index (κ3) is 3.84. The topological polar surface area (TPSA) is 50.5 Å². The minimum absolute atomic E-state index is 0.576. The molecule has 0 saturated heterocycles. The van der Waals surface area contributed by atoms with E-state index in [1.54, 1.807) is 18.5 Å². The minimum Gasteiger partial charge on any atom is -0.248 e. The van der Waals surface area contributed by atoms with Gasteiger partial charge in [-0.25, -0.2) is 9.97 Å². The van der Waals surface area contributed by atoms with Gasteiger partial charge in [0.2, 0.25) is 0 Å². The summed E-state index contributed by atoms with van der Waals surface area (Å²) in [5.74, 6) is 6.66. The van der Waals surface area contributed by atoms with Crippen LogP contribution in [0.15, 0.2) is 83.3 Å². The van der Waals surface area contributed by atoms with Crippen LogP contribution >= 0.6 is 0 Å². The summed E-state index contributed by atoms with van der Waals surface area (Å²) in [6, 6.07) is 18.7. The number of nitrogens with zero attached hydrogens (tertiary/aromatic N) is 4. The predicted molar refractivity (Wildman–Crippen MR) is 85.1 cm³/mol. The number of pyridine rings is 2. The molecular weight excluding hydrogens is 272 g/mol. The van der Waals surface area contributed by atoms with Crippen LogP contribution in [0.3, 0.4) is 0 Å². The van der Waals surface area contributed by atoms with Crippen molar-refractivity contribution in [2.45, 2.75) is 0 Å². The van der Waals surface area contributed by atoms with Crippen molar-refractivity contribution in [3.05, 3.63) is 84.3 Å². The van der Waals surface area contributed by atoms with Gasteiger partial charge >= 0.3 is 0 Å². The van der Waals surface area contributed by atoms with Gasteiger partial charge < -0.3 is 0 Å². The number of hydrogen-bond acceptors (Lipinski definition) is 4. The summed E-state index contributed by atoms with van der Waals surface area (Å²) in [5.41, 5.74) is 2.34. The van der Waals surface area contributed by atoms with Gasteiger partial charge in [-0.15, -0.1) is 10.2 Å². The van der Waals surface area contributed by atoms with Crippen molar-refractivity contribution in [2.75, 3.05) is 0 Å². The van der Waals surface area contributed by atoms with E-state index in [2.05, 4.69) is 32.0 Å². The van der Waals surface area contributed by atoms with Gasteiger partial charge in [-0.1, -0.05) is 24.1 Å². The van der Waals surface area contributed by atoms with Crippen LogP contribution in [0.4, 0.5) is 11.5 Å². The molecule has 0 radical (unpaired) electrons. The summed E-state index contributed by atoms with van der Waals surface area (Å²) in [4.78, 5) is 8.26. The van der Waals surface area contributed by atoms with E-state index in [0.29, 0.717) is 5.82 Å². The molecule has 0 unspecified atom stereocenters. The fourth-order valence-corrected chi connectivity index (χ4v) is 1.74. The average Bonchev–Trinajstić information content (AvgIpc) is 2.60. The quantitative estimate of drug-likeness (QED) is 0.520. The Kier molecular flexibility index (Phi) is 4.29. The Labute approximate surface area is 128 Å². The first-order valence-corrected chi connectivity index (χ1v) is 6.76. The van der Waals surface area contributed by atoms with Crippen LogP contribution in [-0.2, 0) is 0 Å². The molecule has 3 aromatic rings. The van der Waals surface area contributed by atoms with E-state index in [1.165, 1.54) is 0 Å². The molecule has 22 heavy (non-hydrogen) atoms. The molecule has 104 valence electrons. The van der Waals surface area contributed by atoms with E-state index in [0.717, 1.165) is 16.9 Å². The summed E-state index contributed by atoms with van der Waals surface area (Å²) in [6.45, 7) is 0. The smallest absolute Gasteiger partial charge is 0.174 e. The fourth-order valence-electron chi connectivity index (χ4n) is 1.74. The van der Waals surface area contributed by atoms with Crippen molar-refractivity contribution in [3.63, 3.8) is 0 Å². The second-order valence-electron chi connectivity index (χ2n) is 4.40. The monoisotopic (exact) mass is 284 g/mol. The number of benzene rings is 1. The number of azo groups is 1. The van der Waals surface area contributed by atoms with Gasteiger partial charge in [-0.05, 0) is 48.4 Å². The highest BCUT2D eigenvalue weighted by Crippen LogP contribution is 2.17. The molecule has 1 aromatic carbocycles. The lowest BCUT2D eigenvalue weighted by Crippen LogP contribution is -1.79. The molecule has 0 N–H and O–H groups in total. The molecule has 0 aliphatic heterocycles. The highest BCUT2D eigenvalue weighted by molar-refractivity contribution is 5.48. The van der Waals surface area contributed by atoms with Gasteiger partial charge in [0.25, 0.3) is 0 Å². The Hall–Kier alpha value is -3.32. The van der Waals surface area contributed by atoms with Crippen LogP contribution in [0, 0.1) is 11.8 Å². The Morgan fingerprint density at radius 2 is 1.59 bits per heavy atom. The molecule has 3 rings (SSSR count). The van der Waals surface area contributed by atoms with Crippen LogP contribution in [-0.4, -0.2) is 9.97 Å². The summed E-state index contributed by atoms with van der Waals surface area (Å²) in [7, 11) is 0. The number of rotatable bonds is 2. The Morgan fingerprint density at radius 3 is 2.36 bits per heavy atom. The highest BCUT2D eigenvalue weighted by atomic mass is 15.1. The summed E-state index contributed by atoms with van der Waals surface area (Å²) in [6.07, 6.45) is 3.41. The van der Waals surface area contributed by atoms with Crippen LogP contribution < -0.4 is 0 Å². The van der Waals surface area contributed by atoms with Crippen molar-refractivity contribution >= 4 is 11.5 Å². The third-order valence-corrected chi connectivity index (χ3v) is 2.76. The summed E-state index contributed by atoms with van der Waals surface area (Å²) in [5, 5.41) is 8.26. The lowest BCUT2D eigenvalue weighted by molar-refractivity contribution is 1.15. The van der Waals surface area contributed by atoms with Crippen LogP contribution in [0.1, 0.15) is 11.3 Å². The van der Waals surface area contributed by atoms with Crippen LogP contribution in [0.2, 0.25) is 0 Å². The average molecular weight is 284 g/mol. The van der Waals surface area contributed by atoms with Gasteiger partial charge in [-0.2, -0.15) is 0 Å². The zero-order valence-electron chi connectivity index (χ0n) is 11.7. The second kappa shape index (κ2) is 6.91. The molecule has 2 heterocycles. The van der Waals surface area contributed by atoms with Gasteiger partial charge in [0, 0.05) is 18.0 Å². The van der Waals surface area contributed by atoms with Crippen molar-refractivity contribution < 1.29 is 0 Å². The molecule has 0 bridgehead atoms. The van der Waals surface area contributed by atoms with E-state index >= 15 is 0 Å². The molecular formula is C18H12N4. The van der Waals surface area contributed by atoms with Crippen molar-refractivity contribution in [1.82, 2.24) is 9.97 Å². The largest absolute Gasteiger partial charge is 0.248 e. The lowest BCUT2D eigenvalue weighted by atomic mass is 10.2. The molecule has 0 aliphatic carbocycles. The summed E-state index contributed by atoms with van der Waals surface area (Å²) < 4.78 is 0. The van der Waals surface area contributed by atoms with Crippen LogP contribution in [0.25, 0.3) is 0 Å². The SMILES string of the molecule is C(#Cc1ccccn1)c1cccc(N=Nc2ccccn2)c1. The van der Waals surface area contributed by atoms with Crippen molar-refractivity contribution in [2.24, 2.45) is 10.2 Å². The summed E-state index contributed by atoms with van der Waals surface area (Å²) >= 11 is 0. The Morgan fingerprint density at radius 1 is 0.727 bits per heavy atom. The second-order valence-corrected chi connectivity index (χ2v) is 4.40. The molecule has 0 spiro atoms. The number of aromatic nitrogens is 2. The van der Waals surface area contributed by atoms with Gasteiger partial charge in [0.15, 0.2) is 5.82 Å². The first-order valence-electron chi connectivity index (χ1n) is 6.76. The third-order valence-electron chi connectivity index (χ3n) is 2.76. The van der Waals surface area contributed by atoms with Crippen LogP contribution in [0.5, 0.6) is 0 Å². The van der Waals surface area contributed by atoms with E-state index in [-0.39, 0.29) is 0 Å². The van der Waals surface area contributed by atoms with Crippen molar-refractivity contribution in [3.8, 4) is 11.8 Å². The van der Waals surface area contributed by atoms with E-state index in [1.807, 2.05) is 54.6 Å². The maximum Gasteiger partial charge on any atom is 0.174 e. The Bertz CT molecular complexity index is 831. The molecule has 0 fully saturated rings. The standard InChI is InChI=1S/C18H12N4/c1-3-12-19-16(7-1)11-10-15-6-5-8-17(14-15)21-22-18-9-2-4-13-20-18/h1-9,12-14H. The predicted octanol–water partition coefficient (Wildman–Crippen LogP) is 4.29. The maximum atomic E-state index is 4.17. The number of hydrogen-bond donors (Lipinski definition) is 0. The minimum atomic E-state index is 0.576. The van der Waals surface area contributed by atoms with E-state index < -0.39 is 0 Å². The first-order chi connectivity index (χ1) is 10.9. The molecule has 4 heteroatoms. The zero-order valence-corrected chi connectivity index (χ0v) is 11.7. The first kappa shape index (κ1) is 13.7.